The first-order valence-corrected chi connectivity index (χ1v) is 13.8. The molecule has 0 aliphatic carbocycles. The van der Waals surface area contributed by atoms with E-state index < -0.39 is 5.41 Å². The molecule has 2 aliphatic heterocycles. The molecule has 1 atom stereocenters. The molecule has 200 valence electrons. The second-order valence-corrected chi connectivity index (χ2v) is 10.9. The van der Waals surface area contributed by atoms with Crippen molar-refractivity contribution in [2.24, 2.45) is 5.41 Å². The van der Waals surface area contributed by atoms with Crippen molar-refractivity contribution in [1.29, 1.82) is 0 Å². The first-order chi connectivity index (χ1) is 18.5. The molecule has 2 fully saturated rings. The maximum atomic E-state index is 14.0. The van der Waals surface area contributed by atoms with Crippen LogP contribution in [-0.4, -0.2) is 59.6 Å². The van der Waals surface area contributed by atoms with E-state index in [1.54, 1.807) is 13.0 Å². The van der Waals surface area contributed by atoms with Gasteiger partial charge in [-0.1, -0.05) is 53.2 Å². The number of rotatable bonds is 7. The van der Waals surface area contributed by atoms with Crippen molar-refractivity contribution in [3.05, 3.63) is 70.9 Å². The van der Waals surface area contributed by atoms with Crippen molar-refractivity contribution in [2.45, 2.75) is 45.4 Å². The van der Waals surface area contributed by atoms with Crippen LogP contribution >= 0.6 is 11.6 Å². The minimum atomic E-state index is -0.492. The number of halogens is 1. The van der Waals surface area contributed by atoms with Crippen LogP contribution in [0.2, 0.25) is 5.02 Å². The van der Waals surface area contributed by atoms with Crippen LogP contribution < -0.4 is 4.74 Å². The smallest absolute Gasteiger partial charge is 0.259 e. The van der Waals surface area contributed by atoms with Gasteiger partial charge in [-0.3, -0.25) is 9.59 Å². The van der Waals surface area contributed by atoms with E-state index in [4.69, 9.17) is 20.9 Å². The molecular weight excluding hydrogens is 502 g/mol. The molecule has 2 saturated heterocycles. The summed E-state index contributed by atoms with van der Waals surface area (Å²) in [5.74, 6) is 1.20. The molecule has 3 aromatic rings. The fraction of sp³-hybridized carbons (Fsp3) is 0.433. The van der Waals surface area contributed by atoms with Crippen LogP contribution in [0.25, 0.3) is 11.3 Å². The van der Waals surface area contributed by atoms with E-state index in [2.05, 4.69) is 5.16 Å². The summed E-state index contributed by atoms with van der Waals surface area (Å²) in [6.45, 7) is 4.73. The lowest BCUT2D eigenvalue weighted by Crippen LogP contribution is -2.51. The minimum Gasteiger partial charge on any atom is -0.493 e. The van der Waals surface area contributed by atoms with Crippen LogP contribution in [0.3, 0.4) is 0 Å². The average Bonchev–Trinajstić information content (AvgIpc) is 3.34. The van der Waals surface area contributed by atoms with Gasteiger partial charge in [-0.25, -0.2) is 0 Å². The fourth-order valence-corrected chi connectivity index (χ4v) is 5.87. The number of likely N-dealkylation sites (tertiary alicyclic amines) is 2. The summed E-state index contributed by atoms with van der Waals surface area (Å²) in [7, 11) is 0. The van der Waals surface area contributed by atoms with Crippen molar-refractivity contribution in [2.75, 3.05) is 32.8 Å². The van der Waals surface area contributed by atoms with Gasteiger partial charge in [0.1, 0.15) is 22.8 Å². The molecule has 7 nitrogen and oxygen atoms in total. The highest BCUT2D eigenvalue weighted by atomic mass is 35.5. The van der Waals surface area contributed by atoms with Crippen LogP contribution in [0.5, 0.6) is 5.75 Å². The molecule has 0 unspecified atom stereocenters. The monoisotopic (exact) mass is 535 g/mol. The first kappa shape index (κ1) is 26.3. The Morgan fingerprint density at radius 1 is 0.974 bits per heavy atom. The number of carbonyl (C=O) groups is 2. The number of ether oxygens (including phenoxy) is 1. The third-order valence-electron chi connectivity index (χ3n) is 7.68. The molecule has 38 heavy (non-hydrogen) atoms. The van der Waals surface area contributed by atoms with Gasteiger partial charge in [0.2, 0.25) is 5.91 Å². The molecule has 2 amide bonds. The van der Waals surface area contributed by atoms with Gasteiger partial charge in [-0.15, -0.1) is 0 Å². The highest BCUT2D eigenvalue weighted by molar-refractivity contribution is 6.33. The van der Waals surface area contributed by atoms with E-state index in [1.165, 1.54) is 6.42 Å². The van der Waals surface area contributed by atoms with E-state index >= 15 is 0 Å². The first-order valence-electron chi connectivity index (χ1n) is 13.4. The lowest BCUT2D eigenvalue weighted by Gasteiger charge is -2.43. The highest BCUT2D eigenvalue weighted by Crippen LogP contribution is 2.38. The Hall–Kier alpha value is -3.32. The summed E-state index contributed by atoms with van der Waals surface area (Å²) in [5, 5.41) is 4.70. The standard InChI is InChI=1S/C30H34ClN3O4/c1-22-27(28(32-38-22)24-13-6-7-14-25(24)31)29(36)34-18-10-15-30(20-34,21-37-23-11-4-2-5-12-23)19-26(35)33-16-8-3-9-17-33/h2,4-7,11-14H,3,8-10,15-21H2,1H3/t30-/m0/s1. The van der Waals surface area contributed by atoms with Crippen LogP contribution in [0.1, 0.15) is 54.6 Å². The summed E-state index contributed by atoms with van der Waals surface area (Å²) < 4.78 is 11.7. The van der Waals surface area contributed by atoms with Gasteiger partial charge in [0.25, 0.3) is 5.91 Å². The van der Waals surface area contributed by atoms with E-state index in [-0.39, 0.29) is 11.8 Å². The Balaban J connectivity index is 1.41. The molecule has 2 aromatic carbocycles. The Labute approximate surface area is 228 Å². The maximum absolute atomic E-state index is 14.0. The van der Waals surface area contributed by atoms with E-state index in [0.29, 0.717) is 53.7 Å². The van der Waals surface area contributed by atoms with Gasteiger partial charge in [0.05, 0.1) is 11.6 Å². The predicted molar refractivity (Wildman–Crippen MR) is 146 cm³/mol. The van der Waals surface area contributed by atoms with Crippen molar-refractivity contribution >= 4 is 23.4 Å². The molecule has 1 aromatic heterocycles. The summed E-state index contributed by atoms with van der Waals surface area (Å²) in [6.07, 6.45) is 5.19. The topological polar surface area (TPSA) is 75.9 Å². The van der Waals surface area contributed by atoms with Gasteiger partial charge >= 0.3 is 0 Å². The predicted octanol–water partition coefficient (Wildman–Crippen LogP) is 6.01. The Morgan fingerprint density at radius 2 is 1.68 bits per heavy atom. The van der Waals surface area contributed by atoms with Gasteiger partial charge in [-0.2, -0.15) is 0 Å². The SMILES string of the molecule is Cc1onc(-c2ccccc2Cl)c1C(=O)N1CCC[C@](COc2ccccc2)(CC(=O)N2CCCCC2)C1. The highest BCUT2D eigenvalue weighted by Gasteiger charge is 2.42. The number of para-hydroxylation sites is 1. The number of piperidine rings is 2. The lowest BCUT2D eigenvalue weighted by molar-refractivity contribution is -0.136. The lowest BCUT2D eigenvalue weighted by atomic mass is 9.77. The number of nitrogens with zero attached hydrogens (tertiary/aromatic N) is 3. The van der Waals surface area contributed by atoms with Crippen molar-refractivity contribution in [3.8, 4) is 17.0 Å². The molecule has 3 heterocycles. The Bertz CT molecular complexity index is 1270. The van der Waals surface area contributed by atoms with E-state index in [1.807, 2.05) is 58.3 Å². The molecule has 0 N–H and O–H groups in total. The van der Waals surface area contributed by atoms with Gasteiger partial charge in [0, 0.05) is 43.6 Å². The molecule has 0 spiro atoms. The van der Waals surface area contributed by atoms with E-state index in [9.17, 15) is 9.59 Å². The molecule has 8 heteroatoms. The molecular formula is C30H34ClN3O4. The third kappa shape index (κ3) is 5.73. The van der Waals surface area contributed by atoms with Crippen LogP contribution in [0, 0.1) is 12.3 Å². The average molecular weight is 536 g/mol. The number of aryl methyl sites for hydroxylation is 1. The molecule has 2 aliphatic rings. The van der Waals surface area contributed by atoms with Crippen LogP contribution in [0.4, 0.5) is 0 Å². The largest absolute Gasteiger partial charge is 0.493 e. The summed E-state index contributed by atoms with van der Waals surface area (Å²) in [4.78, 5) is 31.2. The third-order valence-corrected chi connectivity index (χ3v) is 8.01. The molecule has 0 bridgehead atoms. The Kier molecular flexibility index (Phi) is 8.03. The number of hydrogen-bond donors (Lipinski definition) is 0. The number of hydrogen-bond acceptors (Lipinski definition) is 5. The van der Waals surface area contributed by atoms with Gasteiger partial charge in [-0.05, 0) is 57.2 Å². The quantitative estimate of drug-likeness (QED) is 0.370. The van der Waals surface area contributed by atoms with Gasteiger partial charge in [0.15, 0.2) is 0 Å². The maximum Gasteiger partial charge on any atom is 0.259 e. The molecule has 0 radical (unpaired) electrons. The van der Waals surface area contributed by atoms with Crippen molar-refractivity contribution in [1.82, 2.24) is 15.0 Å². The van der Waals surface area contributed by atoms with Crippen LogP contribution in [0.15, 0.2) is 59.1 Å². The molecule has 5 rings (SSSR count). The summed E-state index contributed by atoms with van der Waals surface area (Å²) >= 11 is 6.44. The molecule has 0 saturated carbocycles. The van der Waals surface area contributed by atoms with Crippen molar-refractivity contribution in [3.63, 3.8) is 0 Å². The number of benzene rings is 2. The Morgan fingerprint density at radius 3 is 2.45 bits per heavy atom. The van der Waals surface area contributed by atoms with Crippen molar-refractivity contribution < 1.29 is 18.8 Å². The minimum absolute atomic E-state index is 0.147. The number of amides is 2. The summed E-state index contributed by atoms with van der Waals surface area (Å²) in [6, 6.07) is 17.0. The summed E-state index contributed by atoms with van der Waals surface area (Å²) in [5.41, 5.74) is 1.03. The second kappa shape index (κ2) is 11.6. The van der Waals surface area contributed by atoms with Gasteiger partial charge < -0.3 is 19.1 Å². The zero-order chi connectivity index (χ0) is 26.5. The van der Waals surface area contributed by atoms with Crippen LogP contribution in [-0.2, 0) is 4.79 Å². The van der Waals surface area contributed by atoms with E-state index in [0.717, 1.165) is 44.5 Å². The zero-order valence-electron chi connectivity index (χ0n) is 21.8. The second-order valence-electron chi connectivity index (χ2n) is 10.5. The fourth-order valence-electron chi connectivity index (χ4n) is 5.64. The normalized spacial score (nSPS) is 19.8. The zero-order valence-corrected chi connectivity index (χ0v) is 22.6. The number of aromatic nitrogens is 1. The number of carbonyl (C=O) groups excluding carboxylic acids is 2.